The average Bonchev–Trinajstić information content (AvgIpc) is 3.22. The van der Waals surface area contributed by atoms with Gasteiger partial charge in [-0.05, 0) is 56.2 Å². The standard InChI is InChI=1S/C18H18N4OS/c1-12-5-10-15(24-12)18(23)19-14-8-6-13(7-9-14)17-21-20-16-4-2-3-11-22(16)17/h5-10H,2-4,11H2,1H3,(H,19,23). The van der Waals surface area contributed by atoms with Gasteiger partial charge in [-0.2, -0.15) is 0 Å². The molecule has 1 aliphatic rings. The summed E-state index contributed by atoms with van der Waals surface area (Å²) in [6, 6.07) is 11.6. The number of nitrogens with one attached hydrogen (secondary N) is 1. The summed E-state index contributed by atoms with van der Waals surface area (Å²) in [4.78, 5) is 14.1. The van der Waals surface area contributed by atoms with Crippen LogP contribution in [0.3, 0.4) is 0 Å². The highest BCUT2D eigenvalue weighted by Gasteiger charge is 2.17. The summed E-state index contributed by atoms with van der Waals surface area (Å²) in [5.74, 6) is 1.92. The SMILES string of the molecule is Cc1ccc(C(=O)Nc2ccc(-c3nnc4n3CCCC4)cc2)s1. The Kier molecular flexibility index (Phi) is 3.90. The van der Waals surface area contributed by atoms with Gasteiger partial charge in [0.15, 0.2) is 5.82 Å². The molecule has 0 bridgehead atoms. The molecule has 122 valence electrons. The molecule has 1 aliphatic heterocycles. The lowest BCUT2D eigenvalue weighted by Crippen LogP contribution is -2.11. The van der Waals surface area contributed by atoms with E-state index in [0.717, 1.165) is 45.6 Å². The van der Waals surface area contributed by atoms with Crippen molar-refractivity contribution in [2.45, 2.75) is 32.7 Å². The fourth-order valence-electron chi connectivity index (χ4n) is 2.97. The Morgan fingerprint density at radius 2 is 1.96 bits per heavy atom. The van der Waals surface area contributed by atoms with Gasteiger partial charge in [-0.25, -0.2) is 0 Å². The third kappa shape index (κ3) is 2.85. The van der Waals surface area contributed by atoms with Gasteiger partial charge in [0.05, 0.1) is 4.88 Å². The molecule has 6 heteroatoms. The summed E-state index contributed by atoms with van der Waals surface area (Å²) in [6.45, 7) is 2.98. The second-order valence-electron chi connectivity index (χ2n) is 5.99. The first-order valence-electron chi connectivity index (χ1n) is 8.11. The van der Waals surface area contributed by atoms with Gasteiger partial charge in [-0.15, -0.1) is 21.5 Å². The van der Waals surface area contributed by atoms with E-state index in [9.17, 15) is 4.79 Å². The van der Waals surface area contributed by atoms with Gasteiger partial charge >= 0.3 is 0 Å². The Hall–Kier alpha value is -2.47. The van der Waals surface area contributed by atoms with Gasteiger partial charge in [-0.1, -0.05) is 0 Å². The Bertz CT molecular complexity index is 879. The summed E-state index contributed by atoms with van der Waals surface area (Å²) in [6.07, 6.45) is 3.36. The molecule has 0 spiro atoms. The molecule has 0 saturated carbocycles. The van der Waals surface area contributed by atoms with E-state index in [4.69, 9.17) is 0 Å². The molecule has 3 aromatic rings. The van der Waals surface area contributed by atoms with E-state index in [1.54, 1.807) is 0 Å². The number of hydrogen-bond donors (Lipinski definition) is 1. The molecule has 1 aromatic carbocycles. The average molecular weight is 338 g/mol. The third-order valence-corrected chi connectivity index (χ3v) is 5.22. The quantitative estimate of drug-likeness (QED) is 0.788. The van der Waals surface area contributed by atoms with Crippen molar-refractivity contribution in [1.82, 2.24) is 14.8 Å². The Morgan fingerprint density at radius 1 is 1.12 bits per heavy atom. The summed E-state index contributed by atoms with van der Waals surface area (Å²) in [5, 5.41) is 11.6. The highest BCUT2D eigenvalue weighted by atomic mass is 32.1. The Balaban J connectivity index is 1.53. The zero-order valence-corrected chi connectivity index (χ0v) is 14.3. The van der Waals surface area contributed by atoms with Crippen molar-refractivity contribution in [3.8, 4) is 11.4 Å². The number of nitrogens with zero attached hydrogens (tertiary/aromatic N) is 3. The van der Waals surface area contributed by atoms with Crippen molar-refractivity contribution in [3.05, 3.63) is 52.0 Å². The molecule has 0 saturated heterocycles. The molecule has 0 atom stereocenters. The number of benzene rings is 1. The predicted octanol–water partition coefficient (Wildman–Crippen LogP) is 3.90. The van der Waals surface area contributed by atoms with Crippen molar-refractivity contribution in [2.24, 2.45) is 0 Å². The third-order valence-electron chi connectivity index (χ3n) is 4.22. The smallest absolute Gasteiger partial charge is 0.265 e. The molecule has 1 amide bonds. The minimum Gasteiger partial charge on any atom is -0.321 e. The molecule has 3 heterocycles. The van der Waals surface area contributed by atoms with Gasteiger partial charge in [0.1, 0.15) is 5.82 Å². The number of carbonyl (C=O) groups is 1. The van der Waals surface area contributed by atoms with Crippen LogP contribution in [-0.4, -0.2) is 20.7 Å². The topological polar surface area (TPSA) is 59.8 Å². The number of aromatic nitrogens is 3. The molecule has 5 nitrogen and oxygen atoms in total. The van der Waals surface area contributed by atoms with E-state index < -0.39 is 0 Å². The van der Waals surface area contributed by atoms with E-state index in [1.807, 2.05) is 43.3 Å². The lowest BCUT2D eigenvalue weighted by Gasteiger charge is -2.14. The van der Waals surface area contributed by atoms with Gasteiger partial charge in [0, 0.05) is 29.1 Å². The summed E-state index contributed by atoms with van der Waals surface area (Å²) < 4.78 is 2.20. The molecule has 2 aromatic heterocycles. The predicted molar refractivity (Wildman–Crippen MR) is 95.4 cm³/mol. The monoisotopic (exact) mass is 338 g/mol. The number of aryl methyl sites for hydroxylation is 2. The van der Waals surface area contributed by atoms with Crippen LogP contribution in [0.5, 0.6) is 0 Å². The summed E-state index contributed by atoms with van der Waals surface area (Å²) in [7, 11) is 0. The van der Waals surface area contributed by atoms with E-state index in [0.29, 0.717) is 0 Å². The first-order valence-corrected chi connectivity index (χ1v) is 8.93. The molecular formula is C18H18N4OS. The van der Waals surface area contributed by atoms with E-state index in [2.05, 4.69) is 20.1 Å². The second-order valence-corrected chi connectivity index (χ2v) is 7.28. The van der Waals surface area contributed by atoms with Crippen LogP contribution in [0.2, 0.25) is 0 Å². The number of fused-ring (bicyclic) bond motifs is 1. The van der Waals surface area contributed by atoms with Crippen LogP contribution in [0.1, 0.15) is 33.2 Å². The van der Waals surface area contributed by atoms with E-state index in [1.165, 1.54) is 24.2 Å². The maximum absolute atomic E-state index is 12.2. The van der Waals surface area contributed by atoms with Crippen LogP contribution in [0.25, 0.3) is 11.4 Å². The Labute approximate surface area is 144 Å². The van der Waals surface area contributed by atoms with Gasteiger partial charge in [0.2, 0.25) is 0 Å². The van der Waals surface area contributed by atoms with Crippen molar-refractivity contribution < 1.29 is 4.79 Å². The van der Waals surface area contributed by atoms with Crippen LogP contribution in [-0.2, 0) is 13.0 Å². The Morgan fingerprint density at radius 3 is 2.71 bits per heavy atom. The minimum atomic E-state index is -0.0688. The minimum absolute atomic E-state index is 0.0688. The number of amides is 1. The molecule has 0 aliphatic carbocycles. The van der Waals surface area contributed by atoms with Crippen LogP contribution in [0.15, 0.2) is 36.4 Å². The fourth-order valence-corrected chi connectivity index (χ4v) is 3.74. The van der Waals surface area contributed by atoms with Crippen molar-refractivity contribution in [2.75, 3.05) is 5.32 Å². The molecular weight excluding hydrogens is 320 g/mol. The molecule has 24 heavy (non-hydrogen) atoms. The van der Waals surface area contributed by atoms with Gasteiger partial charge < -0.3 is 9.88 Å². The maximum Gasteiger partial charge on any atom is 0.265 e. The van der Waals surface area contributed by atoms with Crippen molar-refractivity contribution >= 4 is 22.9 Å². The fraction of sp³-hybridized carbons (Fsp3) is 0.278. The summed E-state index contributed by atoms with van der Waals surface area (Å²) in [5.41, 5.74) is 1.81. The number of thiophene rings is 1. The van der Waals surface area contributed by atoms with Crippen LogP contribution >= 0.6 is 11.3 Å². The molecule has 1 N–H and O–H groups in total. The zero-order valence-electron chi connectivity index (χ0n) is 13.5. The van der Waals surface area contributed by atoms with Crippen LogP contribution in [0, 0.1) is 6.92 Å². The van der Waals surface area contributed by atoms with E-state index in [-0.39, 0.29) is 5.91 Å². The largest absolute Gasteiger partial charge is 0.321 e. The lowest BCUT2D eigenvalue weighted by molar-refractivity contribution is 0.103. The number of anilines is 1. The second kappa shape index (κ2) is 6.20. The zero-order chi connectivity index (χ0) is 16.5. The normalized spacial score (nSPS) is 13.5. The first-order chi connectivity index (χ1) is 11.7. The van der Waals surface area contributed by atoms with Crippen molar-refractivity contribution in [3.63, 3.8) is 0 Å². The molecule has 4 rings (SSSR count). The summed E-state index contributed by atoms with van der Waals surface area (Å²) >= 11 is 1.50. The van der Waals surface area contributed by atoms with Gasteiger partial charge in [0.25, 0.3) is 5.91 Å². The molecule has 0 fully saturated rings. The highest BCUT2D eigenvalue weighted by molar-refractivity contribution is 7.14. The van der Waals surface area contributed by atoms with Crippen molar-refractivity contribution in [1.29, 1.82) is 0 Å². The van der Waals surface area contributed by atoms with Gasteiger partial charge in [-0.3, -0.25) is 4.79 Å². The van der Waals surface area contributed by atoms with Crippen LogP contribution < -0.4 is 5.32 Å². The number of carbonyl (C=O) groups excluding carboxylic acids is 1. The number of hydrogen-bond acceptors (Lipinski definition) is 4. The lowest BCUT2D eigenvalue weighted by atomic mass is 10.1. The maximum atomic E-state index is 12.2. The molecule has 0 radical (unpaired) electrons. The number of rotatable bonds is 3. The highest BCUT2D eigenvalue weighted by Crippen LogP contribution is 2.24. The van der Waals surface area contributed by atoms with E-state index >= 15 is 0 Å². The first kappa shape index (κ1) is 15.1. The molecule has 0 unspecified atom stereocenters. The van der Waals surface area contributed by atoms with Crippen LogP contribution in [0.4, 0.5) is 5.69 Å².